The van der Waals surface area contributed by atoms with Gasteiger partial charge in [-0.25, -0.2) is 8.42 Å². The predicted molar refractivity (Wildman–Crippen MR) is 95.3 cm³/mol. The van der Waals surface area contributed by atoms with Crippen molar-refractivity contribution in [3.8, 4) is 0 Å². The zero-order valence-electron chi connectivity index (χ0n) is 14.5. The van der Waals surface area contributed by atoms with E-state index in [2.05, 4.69) is 11.9 Å². The molecule has 0 radical (unpaired) electrons. The standard InChI is InChI=1S/C18H26N2O3S/c1-5-11-19-18(21)15-7-6-8-17(12-15)24(22,23)20(16-9-10-16)14(4)13(2)3/h5-8,12-14,16H,1,9-11H2,2-4H3,(H,19,21). The van der Waals surface area contributed by atoms with E-state index in [4.69, 9.17) is 0 Å². The van der Waals surface area contributed by atoms with Crippen LogP contribution in [0.15, 0.2) is 41.8 Å². The first-order valence-electron chi connectivity index (χ1n) is 8.31. The molecule has 132 valence electrons. The normalized spacial score (nSPS) is 16.2. The minimum absolute atomic E-state index is 0.0747. The minimum atomic E-state index is -3.63. The smallest absolute Gasteiger partial charge is 0.251 e. The van der Waals surface area contributed by atoms with Crippen LogP contribution < -0.4 is 5.32 Å². The third kappa shape index (κ3) is 4.05. The van der Waals surface area contributed by atoms with Gasteiger partial charge in [0.15, 0.2) is 0 Å². The van der Waals surface area contributed by atoms with Gasteiger partial charge in [-0.3, -0.25) is 4.79 Å². The average molecular weight is 350 g/mol. The molecule has 0 bridgehead atoms. The van der Waals surface area contributed by atoms with E-state index in [1.54, 1.807) is 28.6 Å². The van der Waals surface area contributed by atoms with Gasteiger partial charge in [0.25, 0.3) is 5.91 Å². The van der Waals surface area contributed by atoms with Crippen molar-refractivity contribution in [2.24, 2.45) is 5.92 Å². The molecular weight excluding hydrogens is 324 g/mol. The van der Waals surface area contributed by atoms with Crippen molar-refractivity contribution >= 4 is 15.9 Å². The first-order valence-corrected chi connectivity index (χ1v) is 9.75. The van der Waals surface area contributed by atoms with Crippen LogP contribution in [0.1, 0.15) is 44.0 Å². The predicted octanol–water partition coefficient (Wildman–Crippen LogP) is 2.80. The first kappa shape index (κ1) is 18.7. The highest BCUT2D eigenvalue weighted by Gasteiger charge is 2.41. The molecule has 2 rings (SSSR count). The monoisotopic (exact) mass is 350 g/mol. The van der Waals surface area contributed by atoms with E-state index in [9.17, 15) is 13.2 Å². The van der Waals surface area contributed by atoms with Gasteiger partial charge in [-0.1, -0.05) is 26.0 Å². The van der Waals surface area contributed by atoms with Gasteiger partial charge in [0.1, 0.15) is 0 Å². The summed E-state index contributed by atoms with van der Waals surface area (Å²) < 4.78 is 27.9. The Balaban J connectivity index is 2.34. The van der Waals surface area contributed by atoms with Crippen molar-refractivity contribution in [3.05, 3.63) is 42.5 Å². The Bertz CT molecular complexity index is 709. The van der Waals surface area contributed by atoms with E-state index in [0.717, 1.165) is 12.8 Å². The maximum atomic E-state index is 13.1. The lowest BCUT2D eigenvalue weighted by molar-refractivity contribution is 0.0958. The molecule has 1 fully saturated rings. The van der Waals surface area contributed by atoms with Gasteiger partial charge in [0, 0.05) is 24.2 Å². The number of hydrogen-bond acceptors (Lipinski definition) is 3. The Morgan fingerprint density at radius 3 is 2.58 bits per heavy atom. The second-order valence-corrected chi connectivity index (χ2v) is 8.42. The fraction of sp³-hybridized carbons (Fsp3) is 0.500. The van der Waals surface area contributed by atoms with Gasteiger partial charge in [0.05, 0.1) is 4.90 Å². The van der Waals surface area contributed by atoms with Crippen LogP contribution in [0.4, 0.5) is 0 Å². The number of carbonyl (C=O) groups is 1. The van der Waals surface area contributed by atoms with Crippen molar-refractivity contribution in [1.82, 2.24) is 9.62 Å². The van der Waals surface area contributed by atoms with E-state index in [-0.39, 0.29) is 28.8 Å². The van der Waals surface area contributed by atoms with Crippen LogP contribution in [0.2, 0.25) is 0 Å². The SMILES string of the molecule is C=CCNC(=O)c1cccc(S(=O)(=O)N(C2CC2)C(C)C(C)C)c1. The molecule has 0 saturated heterocycles. The largest absolute Gasteiger partial charge is 0.349 e. The lowest BCUT2D eigenvalue weighted by Gasteiger charge is -2.31. The van der Waals surface area contributed by atoms with Gasteiger partial charge in [0.2, 0.25) is 10.0 Å². The molecule has 5 nitrogen and oxygen atoms in total. The zero-order valence-corrected chi connectivity index (χ0v) is 15.3. The number of benzene rings is 1. The van der Waals surface area contributed by atoms with Crippen molar-refractivity contribution in [2.75, 3.05) is 6.54 Å². The van der Waals surface area contributed by atoms with E-state index < -0.39 is 10.0 Å². The van der Waals surface area contributed by atoms with Crippen molar-refractivity contribution < 1.29 is 13.2 Å². The summed E-state index contributed by atoms with van der Waals surface area (Å²) in [6.45, 7) is 9.88. The minimum Gasteiger partial charge on any atom is -0.349 e. The number of nitrogens with one attached hydrogen (secondary N) is 1. The van der Waals surface area contributed by atoms with Crippen LogP contribution in [0.25, 0.3) is 0 Å². The highest BCUT2D eigenvalue weighted by molar-refractivity contribution is 7.89. The van der Waals surface area contributed by atoms with Crippen LogP contribution in [0, 0.1) is 5.92 Å². The lowest BCUT2D eigenvalue weighted by Crippen LogP contribution is -2.43. The molecule has 24 heavy (non-hydrogen) atoms. The van der Waals surface area contributed by atoms with Gasteiger partial charge in [-0.2, -0.15) is 4.31 Å². The summed E-state index contributed by atoms with van der Waals surface area (Å²) in [5, 5.41) is 2.67. The van der Waals surface area contributed by atoms with Crippen molar-refractivity contribution in [2.45, 2.75) is 50.6 Å². The molecule has 1 aromatic rings. The van der Waals surface area contributed by atoms with Crippen molar-refractivity contribution in [1.29, 1.82) is 0 Å². The maximum absolute atomic E-state index is 13.1. The van der Waals surface area contributed by atoms with Crippen LogP contribution in [0.5, 0.6) is 0 Å². The molecule has 1 aliphatic rings. The molecule has 1 amide bonds. The van der Waals surface area contributed by atoms with Gasteiger partial charge in [-0.15, -0.1) is 6.58 Å². The quantitative estimate of drug-likeness (QED) is 0.733. The fourth-order valence-electron chi connectivity index (χ4n) is 2.56. The van der Waals surface area contributed by atoms with Crippen LogP contribution in [0.3, 0.4) is 0 Å². The Morgan fingerprint density at radius 1 is 1.38 bits per heavy atom. The number of nitrogens with zero attached hydrogens (tertiary/aromatic N) is 1. The Labute approximate surface area is 144 Å². The summed E-state index contributed by atoms with van der Waals surface area (Å²) >= 11 is 0. The molecule has 1 unspecified atom stereocenters. The molecule has 1 atom stereocenters. The second-order valence-electron chi connectivity index (χ2n) is 6.58. The summed E-state index contributed by atoms with van der Waals surface area (Å²) in [5.41, 5.74) is 0.339. The molecule has 0 heterocycles. The number of hydrogen-bond donors (Lipinski definition) is 1. The summed E-state index contributed by atoms with van der Waals surface area (Å²) in [6.07, 6.45) is 3.38. The number of carbonyl (C=O) groups excluding carboxylic acids is 1. The molecule has 1 aliphatic carbocycles. The van der Waals surface area contributed by atoms with Gasteiger partial charge < -0.3 is 5.32 Å². The third-order valence-corrected chi connectivity index (χ3v) is 6.39. The molecule has 1 N–H and O–H groups in total. The van der Waals surface area contributed by atoms with Crippen LogP contribution in [-0.4, -0.2) is 37.3 Å². The molecule has 1 aromatic carbocycles. The molecule has 6 heteroatoms. The topological polar surface area (TPSA) is 66.5 Å². The zero-order chi connectivity index (χ0) is 17.9. The molecule has 0 aromatic heterocycles. The number of rotatable bonds is 8. The van der Waals surface area contributed by atoms with Crippen LogP contribution in [-0.2, 0) is 10.0 Å². The van der Waals surface area contributed by atoms with E-state index in [0.29, 0.717) is 12.1 Å². The Morgan fingerprint density at radius 2 is 2.04 bits per heavy atom. The molecular formula is C18H26N2O3S. The lowest BCUT2D eigenvalue weighted by atomic mass is 10.1. The van der Waals surface area contributed by atoms with Crippen LogP contribution >= 0.6 is 0 Å². The fourth-order valence-corrected chi connectivity index (χ4v) is 4.61. The summed E-state index contributed by atoms with van der Waals surface area (Å²) in [6, 6.07) is 6.23. The Kier molecular flexibility index (Phi) is 5.83. The Hall–Kier alpha value is -1.66. The second kappa shape index (κ2) is 7.49. The highest BCUT2D eigenvalue weighted by Crippen LogP contribution is 2.35. The summed E-state index contributed by atoms with van der Waals surface area (Å²) in [5.74, 6) is -0.0822. The van der Waals surface area contributed by atoms with E-state index in [1.165, 1.54) is 6.07 Å². The summed E-state index contributed by atoms with van der Waals surface area (Å²) in [4.78, 5) is 12.2. The molecule has 0 aliphatic heterocycles. The molecule has 1 saturated carbocycles. The van der Waals surface area contributed by atoms with E-state index >= 15 is 0 Å². The summed E-state index contributed by atoms with van der Waals surface area (Å²) in [7, 11) is -3.63. The van der Waals surface area contributed by atoms with E-state index in [1.807, 2.05) is 20.8 Å². The maximum Gasteiger partial charge on any atom is 0.251 e. The number of sulfonamides is 1. The average Bonchev–Trinajstić information content (AvgIpc) is 3.37. The number of amides is 1. The van der Waals surface area contributed by atoms with Crippen molar-refractivity contribution in [3.63, 3.8) is 0 Å². The molecule has 0 spiro atoms. The first-order chi connectivity index (χ1) is 11.3. The third-order valence-electron chi connectivity index (χ3n) is 4.35. The van der Waals surface area contributed by atoms with Gasteiger partial charge >= 0.3 is 0 Å². The van der Waals surface area contributed by atoms with Gasteiger partial charge in [-0.05, 0) is 43.9 Å². The highest BCUT2D eigenvalue weighted by atomic mass is 32.2.